The lowest BCUT2D eigenvalue weighted by Gasteiger charge is -2.37. The number of benzene rings is 2. The van der Waals surface area contributed by atoms with E-state index in [0.29, 0.717) is 11.4 Å². The molecule has 5 rings (SSSR count). The van der Waals surface area contributed by atoms with Crippen LogP contribution in [0.25, 0.3) is 5.69 Å². The fraction of sp³-hybridized carbons (Fsp3) is 0.222. The van der Waals surface area contributed by atoms with Crippen molar-refractivity contribution in [3.8, 4) is 11.8 Å². The Morgan fingerprint density at radius 3 is 2.47 bits per heavy atom. The molecule has 0 N–H and O–H groups in total. The summed E-state index contributed by atoms with van der Waals surface area (Å²) < 4.78 is 1.76. The number of amides is 1. The van der Waals surface area contributed by atoms with Gasteiger partial charge in [0.2, 0.25) is 0 Å². The van der Waals surface area contributed by atoms with Gasteiger partial charge in [0.05, 0.1) is 22.2 Å². The number of piperidine rings is 1. The second kappa shape index (κ2) is 10.0. The van der Waals surface area contributed by atoms with Crippen molar-refractivity contribution in [2.45, 2.75) is 25.4 Å². The maximum atomic E-state index is 13.5. The van der Waals surface area contributed by atoms with E-state index in [2.05, 4.69) is 35.2 Å². The lowest BCUT2D eigenvalue weighted by Crippen LogP contribution is -2.47. The summed E-state index contributed by atoms with van der Waals surface area (Å²) in [7, 11) is 0. The molecule has 2 aromatic carbocycles. The second-order valence-corrected chi connectivity index (χ2v) is 9.37. The molecule has 1 saturated heterocycles. The number of thiophene rings is 1. The highest BCUT2D eigenvalue weighted by Crippen LogP contribution is 2.27. The fourth-order valence-electron chi connectivity index (χ4n) is 4.43. The molecule has 4 aromatic rings. The molecular weight excluding hydrogens is 442 g/mol. The van der Waals surface area contributed by atoms with Gasteiger partial charge in [-0.05, 0) is 54.1 Å². The lowest BCUT2D eigenvalue weighted by molar-refractivity contribution is 0.0961. The number of hydrogen-bond acceptors (Lipinski definition) is 5. The number of likely N-dealkylation sites (tertiary alicyclic amines) is 1. The minimum Gasteiger partial charge on any atom is -0.299 e. The molecule has 7 heteroatoms. The first-order chi connectivity index (χ1) is 16.7. The van der Waals surface area contributed by atoms with Gasteiger partial charge in [-0.3, -0.25) is 14.6 Å². The quantitative estimate of drug-likeness (QED) is 0.395. The molecule has 0 atom stereocenters. The van der Waals surface area contributed by atoms with Gasteiger partial charge in [0, 0.05) is 37.9 Å². The first-order valence-corrected chi connectivity index (χ1v) is 12.3. The van der Waals surface area contributed by atoms with E-state index in [4.69, 9.17) is 10.4 Å². The summed E-state index contributed by atoms with van der Waals surface area (Å²) in [6.45, 7) is 2.80. The topological polar surface area (TPSA) is 65.2 Å². The van der Waals surface area contributed by atoms with Gasteiger partial charge in [-0.2, -0.15) is 5.26 Å². The summed E-state index contributed by atoms with van der Waals surface area (Å²) in [6, 6.07) is 25.7. The van der Waals surface area contributed by atoms with E-state index in [-0.39, 0.29) is 11.9 Å². The SMILES string of the molecule is N#Cc1ccc(-n2ccc(N(C(=O)c3cccs3)C3CCN(Cc4ccccc4)CC3)n2)cc1. The standard InChI is InChI=1S/C27H25N5OS/c28-19-21-8-10-23(11-9-21)31-17-14-26(29-31)32(27(33)25-7-4-18-34-25)24-12-15-30(16-13-24)20-22-5-2-1-3-6-22/h1-11,14,17-18,24H,12-13,15-16,20H2. The van der Waals surface area contributed by atoms with Gasteiger partial charge < -0.3 is 0 Å². The van der Waals surface area contributed by atoms with Crippen LogP contribution in [0.2, 0.25) is 0 Å². The monoisotopic (exact) mass is 467 g/mol. The number of hydrogen-bond donors (Lipinski definition) is 0. The molecule has 2 aromatic heterocycles. The van der Waals surface area contributed by atoms with Crippen LogP contribution in [0.4, 0.5) is 5.82 Å². The average Bonchev–Trinajstić information content (AvgIpc) is 3.59. The van der Waals surface area contributed by atoms with E-state index in [9.17, 15) is 4.79 Å². The number of anilines is 1. The Morgan fingerprint density at radius 2 is 1.79 bits per heavy atom. The van der Waals surface area contributed by atoms with Crippen molar-refractivity contribution in [2.75, 3.05) is 18.0 Å². The zero-order chi connectivity index (χ0) is 23.3. The number of carbonyl (C=O) groups excluding carboxylic acids is 1. The molecule has 170 valence electrons. The van der Waals surface area contributed by atoms with E-state index >= 15 is 0 Å². The fourth-order valence-corrected chi connectivity index (χ4v) is 5.09. The molecule has 0 aliphatic carbocycles. The van der Waals surface area contributed by atoms with E-state index in [1.165, 1.54) is 16.9 Å². The third-order valence-corrected chi connectivity index (χ3v) is 7.06. The van der Waals surface area contributed by atoms with Crippen LogP contribution >= 0.6 is 11.3 Å². The summed E-state index contributed by atoms with van der Waals surface area (Å²) in [5, 5.41) is 15.7. The first-order valence-electron chi connectivity index (χ1n) is 11.4. The molecule has 1 aliphatic rings. The van der Waals surface area contributed by atoms with E-state index in [1.54, 1.807) is 16.8 Å². The van der Waals surface area contributed by atoms with Crippen molar-refractivity contribution in [2.24, 2.45) is 0 Å². The van der Waals surface area contributed by atoms with Gasteiger partial charge in [0.25, 0.3) is 5.91 Å². The predicted octanol–water partition coefficient (Wildman–Crippen LogP) is 5.12. The molecule has 0 bridgehead atoms. The minimum atomic E-state index is 0.00147. The Kier molecular flexibility index (Phi) is 6.52. The summed E-state index contributed by atoms with van der Waals surface area (Å²) in [6.07, 6.45) is 3.66. The van der Waals surface area contributed by atoms with Gasteiger partial charge in [-0.25, -0.2) is 4.68 Å². The van der Waals surface area contributed by atoms with Crippen LogP contribution < -0.4 is 4.90 Å². The number of carbonyl (C=O) groups is 1. The summed E-state index contributed by atoms with van der Waals surface area (Å²) in [4.78, 5) is 18.6. The molecule has 3 heterocycles. The van der Waals surface area contributed by atoms with Crippen molar-refractivity contribution >= 4 is 23.1 Å². The molecule has 34 heavy (non-hydrogen) atoms. The van der Waals surface area contributed by atoms with E-state index in [0.717, 1.165) is 43.0 Å². The average molecular weight is 468 g/mol. The normalized spacial score (nSPS) is 14.6. The van der Waals surface area contributed by atoms with Crippen molar-refractivity contribution in [1.29, 1.82) is 5.26 Å². The Labute approximate surface area is 203 Å². The van der Waals surface area contributed by atoms with Crippen LogP contribution in [0.15, 0.2) is 84.4 Å². The maximum absolute atomic E-state index is 13.5. The van der Waals surface area contributed by atoms with Crippen LogP contribution in [0.1, 0.15) is 33.6 Å². The molecule has 1 aliphatic heterocycles. The molecule has 1 fully saturated rings. The van der Waals surface area contributed by atoms with Gasteiger partial charge in [-0.15, -0.1) is 16.4 Å². The third kappa shape index (κ3) is 4.79. The predicted molar refractivity (Wildman–Crippen MR) is 134 cm³/mol. The van der Waals surface area contributed by atoms with Crippen molar-refractivity contribution in [3.63, 3.8) is 0 Å². The zero-order valence-corrected chi connectivity index (χ0v) is 19.6. The highest BCUT2D eigenvalue weighted by atomic mass is 32.1. The Hall–Kier alpha value is -3.73. The number of aromatic nitrogens is 2. The lowest BCUT2D eigenvalue weighted by atomic mass is 10.0. The van der Waals surface area contributed by atoms with Crippen LogP contribution in [-0.2, 0) is 6.54 Å². The van der Waals surface area contributed by atoms with Crippen molar-refractivity contribution < 1.29 is 4.79 Å². The van der Waals surface area contributed by atoms with Gasteiger partial charge in [-0.1, -0.05) is 36.4 Å². The van der Waals surface area contributed by atoms with Crippen LogP contribution in [-0.4, -0.2) is 39.7 Å². The van der Waals surface area contributed by atoms with E-state index < -0.39 is 0 Å². The zero-order valence-electron chi connectivity index (χ0n) is 18.7. The Balaban J connectivity index is 1.36. The molecule has 0 saturated carbocycles. The molecule has 0 unspecified atom stereocenters. The Morgan fingerprint density at radius 1 is 1.03 bits per heavy atom. The Bertz CT molecular complexity index is 1270. The number of nitrogens with zero attached hydrogens (tertiary/aromatic N) is 5. The summed E-state index contributed by atoms with van der Waals surface area (Å²) in [5.74, 6) is 0.658. The molecule has 0 radical (unpaired) electrons. The molecule has 0 spiro atoms. The smallest absolute Gasteiger partial charge is 0.269 e. The second-order valence-electron chi connectivity index (χ2n) is 8.42. The number of rotatable bonds is 6. The summed E-state index contributed by atoms with van der Waals surface area (Å²) >= 11 is 1.46. The van der Waals surface area contributed by atoms with Crippen LogP contribution in [0, 0.1) is 11.3 Å². The summed E-state index contributed by atoms with van der Waals surface area (Å²) in [5.41, 5.74) is 2.77. The largest absolute Gasteiger partial charge is 0.299 e. The van der Waals surface area contributed by atoms with Gasteiger partial charge >= 0.3 is 0 Å². The highest BCUT2D eigenvalue weighted by Gasteiger charge is 2.31. The first kappa shape index (κ1) is 22.1. The van der Waals surface area contributed by atoms with E-state index in [1.807, 2.05) is 52.9 Å². The van der Waals surface area contributed by atoms with Gasteiger partial charge in [0.1, 0.15) is 0 Å². The van der Waals surface area contributed by atoms with Crippen molar-refractivity contribution in [3.05, 3.63) is 100 Å². The maximum Gasteiger partial charge on any atom is 0.269 e. The van der Waals surface area contributed by atoms with Crippen LogP contribution in [0.3, 0.4) is 0 Å². The molecule has 6 nitrogen and oxygen atoms in total. The van der Waals surface area contributed by atoms with Crippen molar-refractivity contribution in [1.82, 2.24) is 14.7 Å². The van der Waals surface area contributed by atoms with Crippen LogP contribution in [0.5, 0.6) is 0 Å². The molecule has 1 amide bonds. The number of nitriles is 1. The highest BCUT2D eigenvalue weighted by molar-refractivity contribution is 7.12. The molecular formula is C27H25N5OS. The minimum absolute atomic E-state index is 0.00147. The van der Waals surface area contributed by atoms with Gasteiger partial charge in [0.15, 0.2) is 5.82 Å². The third-order valence-electron chi connectivity index (χ3n) is 6.20.